The third kappa shape index (κ3) is 4.12. The first kappa shape index (κ1) is 21.4. The zero-order chi connectivity index (χ0) is 22.1. The number of ether oxygens (including phenoxy) is 1. The quantitative estimate of drug-likeness (QED) is 0.535. The fraction of sp³-hybridized carbons (Fsp3) is 0.423. The van der Waals surface area contributed by atoms with E-state index in [2.05, 4.69) is 44.3 Å². The molecule has 0 unspecified atom stereocenters. The Hall–Kier alpha value is -2.50. The molecule has 5 nitrogen and oxygen atoms in total. The minimum atomic E-state index is 0.718. The number of likely N-dealkylation sites (tertiary alicyclic amines) is 1. The van der Waals surface area contributed by atoms with Crippen LogP contribution in [0.15, 0.2) is 42.5 Å². The first-order valence-corrected chi connectivity index (χ1v) is 12.0. The molecular weight excluding hydrogens is 420 g/mol. The standard InChI is InChI=1S/C26H31ClN4O/c1-18-16-22(29-28-18)26-24(32-2)9-8-23(25(26)19-6-5-7-20(27)17-19)31-14-10-21(11-15-31)30-12-3-4-13-30/h5-9,16-17,21H,3-4,10-15H2,1-2H3,(H,28,29). The van der Waals surface area contributed by atoms with E-state index in [1.807, 2.05) is 25.1 Å². The molecular formula is C26H31ClN4O. The lowest BCUT2D eigenvalue weighted by Crippen LogP contribution is -2.44. The molecule has 168 valence electrons. The second-order valence-electron chi connectivity index (χ2n) is 8.94. The van der Waals surface area contributed by atoms with Gasteiger partial charge in [-0.25, -0.2) is 0 Å². The van der Waals surface area contributed by atoms with Gasteiger partial charge >= 0.3 is 0 Å². The summed E-state index contributed by atoms with van der Waals surface area (Å²) in [5.41, 5.74) is 6.38. The molecule has 2 fully saturated rings. The Bertz CT molecular complexity index is 1080. The largest absolute Gasteiger partial charge is 0.496 e. The molecule has 2 saturated heterocycles. The first-order chi connectivity index (χ1) is 15.6. The van der Waals surface area contributed by atoms with Crippen LogP contribution in [-0.4, -0.2) is 54.4 Å². The van der Waals surface area contributed by atoms with Crippen molar-refractivity contribution in [3.8, 4) is 28.1 Å². The Morgan fingerprint density at radius 2 is 1.78 bits per heavy atom. The van der Waals surface area contributed by atoms with Crippen LogP contribution >= 0.6 is 11.6 Å². The molecule has 0 saturated carbocycles. The highest BCUT2D eigenvalue weighted by Crippen LogP contribution is 2.45. The number of H-pyrrole nitrogens is 1. The maximum Gasteiger partial charge on any atom is 0.129 e. The molecule has 1 aromatic heterocycles. The molecule has 32 heavy (non-hydrogen) atoms. The monoisotopic (exact) mass is 450 g/mol. The molecule has 0 spiro atoms. The minimum absolute atomic E-state index is 0.718. The molecule has 6 heteroatoms. The number of aromatic amines is 1. The van der Waals surface area contributed by atoms with Gasteiger partial charge in [0.2, 0.25) is 0 Å². The third-order valence-electron chi connectivity index (χ3n) is 6.90. The average Bonchev–Trinajstić information content (AvgIpc) is 3.50. The van der Waals surface area contributed by atoms with E-state index in [0.29, 0.717) is 0 Å². The molecule has 3 heterocycles. The van der Waals surface area contributed by atoms with Crippen LogP contribution in [0.2, 0.25) is 5.02 Å². The van der Waals surface area contributed by atoms with E-state index >= 15 is 0 Å². The lowest BCUT2D eigenvalue weighted by atomic mass is 9.92. The van der Waals surface area contributed by atoms with E-state index in [-0.39, 0.29) is 0 Å². The summed E-state index contributed by atoms with van der Waals surface area (Å²) in [4.78, 5) is 5.23. The number of benzene rings is 2. The molecule has 2 aromatic carbocycles. The van der Waals surface area contributed by atoms with E-state index in [1.54, 1.807) is 7.11 Å². The number of nitrogens with zero attached hydrogens (tertiary/aromatic N) is 3. The summed E-state index contributed by atoms with van der Waals surface area (Å²) in [5.74, 6) is 0.821. The summed E-state index contributed by atoms with van der Waals surface area (Å²) in [5, 5.41) is 8.41. The predicted molar refractivity (Wildman–Crippen MR) is 132 cm³/mol. The fourth-order valence-corrected chi connectivity index (χ4v) is 5.51. The number of aromatic nitrogens is 2. The van der Waals surface area contributed by atoms with Crippen molar-refractivity contribution in [2.75, 3.05) is 38.2 Å². The summed E-state index contributed by atoms with van der Waals surface area (Å²) in [7, 11) is 1.72. The molecule has 2 aliphatic heterocycles. The van der Waals surface area contributed by atoms with Crippen LogP contribution in [0, 0.1) is 6.92 Å². The van der Waals surface area contributed by atoms with E-state index in [9.17, 15) is 0 Å². The maximum absolute atomic E-state index is 6.43. The zero-order valence-electron chi connectivity index (χ0n) is 18.9. The first-order valence-electron chi connectivity index (χ1n) is 11.6. The second kappa shape index (κ2) is 9.16. The van der Waals surface area contributed by atoms with Gasteiger partial charge in [0, 0.05) is 41.1 Å². The molecule has 1 N–H and O–H groups in total. The van der Waals surface area contributed by atoms with Crippen molar-refractivity contribution in [1.82, 2.24) is 15.1 Å². The number of methoxy groups -OCH3 is 1. The summed E-state index contributed by atoms with van der Waals surface area (Å²) >= 11 is 6.43. The number of nitrogens with one attached hydrogen (secondary N) is 1. The summed E-state index contributed by atoms with van der Waals surface area (Å²) < 4.78 is 5.82. The molecule has 0 radical (unpaired) electrons. The van der Waals surface area contributed by atoms with Crippen molar-refractivity contribution in [1.29, 1.82) is 0 Å². The Labute approximate surface area is 195 Å². The van der Waals surface area contributed by atoms with Crippen LogP contribution in [0.3, 0.4) is 0 Å². The number of rotatable bonds is 5. The molecule has 3 aromatic rings. The van der Waals surface area contributed by atoms with Crippen LogP contribution in [0.4, 0.5) is 5.69 Å². The Morgan fingerprint density at radius 1 is 1.00 bits per heavy atom. The fourth-order valence-electron chi connectivity index (χ4n) is 5.32. The Kier molecular flexibility index (Phi) is 6.11. The summed E-state index contributed by atoms with van der Waals surface area (Å²) in [6, 6.07) is 15.2. The normalized spacial score (nSPS) is 17.8. The third-order valence-corrected chi connectivity index (χ3v) is 7.14. The van der Waals surface area contributed by atoms with Crippen molar-refractivity contribution in [3.05, 3.63) is 53.2 Å². The van der Waals surface area contributed by atoms with Crippen molar-refractivity contribution >= 4 is 17.3 Å². The van der Waals surface area contributed by atoms with Crippen molar-refractivity contribution < 1.29 is 4.74 Å². The average molecular weight is 451 g/mol. The van der Waals surface area contributed by atoms with Gasteiger partial charge < -0.3 is 14.5 Å². The van der Waals surface area contributed by atoms with Gasteiger partial charge in [-0.15, -0.1) is 0 Å². The van der Waals surface area contributed by atoms with Gasteiger partial charge in [-0.1, -0.05) is 23.7 Å². The molecule has 0 bridgehead atoms. The molecule has 2 aliphatic rings. The minimum Gasteiger partial charge on any atom is -0.496 e. The maximum atomic E-state index is 6.43. The van der Waals surface area contributed by atoms with E-state index < -0.39 is 0 Å². The summed E-state index contributed by atoms with van der Waals surface area (Å²) in [6.07, 6.45) is 5.11. The number of hydrogen-bond donors (Lipinski definition) is 1. The highest BCUT2D eigenvalue weighted by Gasteiger charge is 2.29. The van der Waals surface area contributed by atoms with Gasteiger partial charge in [0.25, 0.3) is 0 Å². The predicted octanol–water partition coefficient (Wildman–Crippen LogP) is 5.78. The highest BCUT2D eigenvalue weighted by atomic mass is 35.5. The highest BCUT2D eigenvalue weighted by molar-refractivity contribution is 6.31. The van der Waals surface area contributed by atoms with Crippen LogP contribution in [0.25, 0.3) is 22.4 Å². The van der Waals surface area contributed by atoms with Crippen molar-refractivity contribution in [2.45, 2.75) is 38.6 Å². The molecule has 0 aliphatic carbocycles. The van der Waals surface area contributed by atoms with Crippen LogP contribution < -0.4 is 9.64 Å². The van der Waals surface area contributed by atoms with E-state index in [0.717, 1.165) is 58.0 Å². The van der Waals surface area contributed by atoms with Crippen molar-refractivity contribution in [2.24, 2.45) is 0 Å². The second-order valence-corrected chi connectivity index (χ2v) is 9.38. The van der Waals surface area contributed by atoms with Crippen LogP contribution in [-0.2, 0) is 0 Å². The van der Waals surface area contributed by atoms with Gasteiger partial charge in [0.15, 0.2) is 0 Å². The van der Waals surface area contributed by atoms with Crippen LogP contribution in [0.5, 0.6) is 5.75 Å². The van der Waals surface area contributed by atoms with E-state index in [4.69, 9.17) is 16.3 Å². The molecule has 0 amide bonds. The molecule has 5 rings (SSSR count). The number of halogens is 1. The van der Waals surface area contributed by atoms with Gasteiger partial charge in [-0.2, -0.15) is 5.10 Å². The lowest BCUT2D eigenvalue weighted by molar-refractivity contribution is 0.208. The smallest absolute Gasteiger partial charge is 0.129 e. The van der Waals surface area contributed by atoms with Gasteiger partial charge in [-0.05, 0) is 81.6 Å². The van der Waals surface area contributed by atoms with E-state index in [1.165, 1.54) is 44.5 Å². The number of hydrogen-bond acceptors (Lipinski definition) is 4. The number of aryl methyl sites for hydroxylation is 1. The molecule has 0 atom stereocenters. The number of piperidine rings is 1. The van der Waals surface area contributed by atoms with Gasteiger partial charge in [0.05, 0.1) is 18.4 Å². The zero-order valence-corrected chi connectivity index (χ0v) is 19.7. The van der Waals surface area contributed by atoms with Crippen molar-refractivity contribution in [3.63, 3.8) is 0 Å². The SMILES string of the molecule is COc1ccc(N2CCC(N3CCCC3)CC2)c(-c2cccc(Cl)c2)c1-c1cc(C)[nH]n1. The number of anilines is 1. The topological polar surface area (TPSA) is 44.4 Å². The van der Waals surface area contributed by atoms with Gasteiger partial charge in [-0.3, -0.25) is 5.10 Å². The van der Waals surface area contributed by atoms with Crippen LogP contribution in [0.1, 0.15) is 31.4 Å². The van der Waals surface area contributed by atoms with Gasteiger partial charge in [0.1, 0.15) is 5.75 Å². The Morgan fingerprint density at radius 3 is 2.44 bits per heavy atom. The lowest BCUT2D eigenvalue weighted by Gasteiger charge is -2.39. The summed E-state index contributed by atoms with van der Waals surface area (Å²) in [6.45, 7) is 6.67. The Balaban J connectivity index is 1.58.